The number of amides is 1. The number of halogens is 2. The fourth-order valence-corrected chi connectivity index (χ4v) is 1.78. The van der Waals surface area contributed by atoms with Crippen molar-refractivity contribution in [1.82, 2.24) is 4.98 Å². The number of rotatable bonds is 3. The lowest BCUT2D eigenvalue weighted by atomic mass is 10.2. The third kappa shape index (κ3) is 2.82. The van der Waals surface area contributed by atoms with Gasteiger partial charge in [-0.25, -0.2) is 9.37 Å². The van der Waals surface area contributed by atoms with Crippen molar-refractivity contribution in [3.05, 3.63) is 52.9 Å². The van der Waals surface area contributed by atoms with E-state index in [0.717, 1.165) is 6.07 Å². The van der Waals surface area contributed by atoms with Crippen LogP contribution < -0.4 is 10.1 Å². The molecule has 1 aromatic heterocycles. The van der Waals surface area contributed by atoms with Gasteiger partial charge in [0.2, 0.25) is 0 Å². The summed E-state index contributed by atoms with van der Waals surface area (Å²) in [6.45, 7) is 0. The summed E-state index contributed by atoms with van der Waals surface area (Å²) in [4.78, 5) is 15.9. The molecule has 2 aromatic rings. The van der Waals surface area contributed by atoms with Gasteiger partial charge in [0.15, 0.2) is 11.6 Å². The first-order valence-corrected chi connectivity index (χ1v) is 5.75. The number of nitrogens with one attached hydrogen (secondary N) is 1. The highest BCUT2D eigenvalue weighted by atomic mass is 35.5. The molecule has 0 atom stereocenters. The first-order valence-electron chi connectivity index (χ1n) is 5.38. The molecule has 1 N–H and O–H groups in total. The number of pyridine rings is 1. The molecule has 0 unspecified atom stereocenters. The normalized spacial score (nSPS) is 10.1. The van der Waals surface area contributed by atoms with Crippen LogP contribution in [0.1, 0.15) is 10.4 Å². The van der Waals surface area contributed by atoms with Gasteiger partial charge < -0.3 is 10.1 Å². The van der Waals surface area contributed by atoms with E-state index < -0.39 is 11.7 Å². The highest BCUT2D eigenvalue weighted by molar-refractivity contribution is 6.34. The number of methoxy groups -OCH3 is 1. The lowest BCUT2D eigenvalue weighted by Crippen LogP contribution is -2.15. The van der Waals surface area contributed by atoms with E-state index in [4.69, 9.17) is 16.3 Å². The maximum absolute atomic E-state index is 13.6. The van der Waals surface area contributed by atoms with E-state index in [-0.39, 0.29) is 16.4 Å². The molecule has 2 rings (SSSR count). The van der Waals surface area contributed by atoms with Crippen LogP contribution in [-0.2, 0) is 0 Å². The molecule has 0 aliphatic heterocycles. The number of carbonyl (C=O) groups is 1. The van der Waals surface area contributed by atoms with Gasteiger partial charge in [-0.1, -0.05) is 17.7 Å². The quantitative estimate of drug-likeness (QED) is 0.940. The predicted molar refractivity (Wildman–Crippen MR) is 70.2 cm³/mol. The molecule has 0 aliphatic carbocycles. The van der Waals surface area contributed by atoms with Crippen LogP contribution in [0.5, 0.6) is 5.75 Å². The summed E-state index contributed by atoms with van der Waals surface area (Å²) in [6, 6.07) is 7.32. The van der Waals surface area contributed by atoms with Gasteiger partial charge in [-0.05, 0) is 24.3 Å². The third-order valence-corrected chi connectivity index (χ3v) is 2.73. The van der Waals surface area contributed by atoms with Crippen LogP contribution in [0.25, 0.3) is 0 Å². The lowest BCUT2D eigenvalue weighted by molar-refractivity contribution is 0.102. The maximum atomic E-state index is 13.6. The van der Waals surface area contributed by atoms with Crippen LogP contribution in [0.15, 0.2) is 36.5 Å². The second-order valence-corrected chi connectivity index (χ2v) is 4.01. The maximum Gasteiger partial charge on any atom is 0.261 e. The summed E-state index contributed by atoms with van der Waals surface area (Å²) >= 11 is 5.81. The van der Waals surface area contributed by atoms with E-state index in [2.05, 4.69) is 10.3 Å². The van der Waals surface area contributed by atoms with E-state index in [1.165, 1.54) is 25.4 Å². The molecule has 1 amide bonds. The fourth-order valence-electron chi connectivity index (χ4n) is 1.53. The molecular formula is C13H10ClFN2O2. The van der Waals surface area contributed by atoms with Crippen LogP contribution in [0.4, 0.5) is 10.2 Å². The number of benzene rings is 1. The van der Waals surface area contributed by atoms with Gasteiger partial charge in [0.25, 0.3) is 5.91 Å². The smallest absolute Gasteiger partial charge is 0.261 e. The first kappa shape index (κ1) is 13.3. The Morgan fingerprint density at radius 1 is 1.37 bits per heavy atom. The SMILES string of the molecule is COc1cccnc1NC(=O)c1c(F)cccc1Cl. The van der Waals surface area contributed by atoms with Crippen molar-refractivity contribution < 1.29 is 13.9 Å². The van der Waals surface area contributed by atoms with Crippen LogP contribution >= 0.6 is 11.6 Å². The molecule has 0 radical (unpaired) electrons. The minimum absolute atomic E-state index is 0.0346. The van der Waals surface area contributed by atoms with E-state index in [9.17, 15) is 9.18 Å². The summed E-state index contributed by atoms with van der Waals surface area (Å²) in [5, 5.41) is 2.49. The van der Waals surface area contributed by atoms with Crippen molar-refractivity contribution in [2.45, 2.75) is 0 Å². The molecule has 0 saturated carbocycles. The van der Waals surface area contributed by atoms with Crippen molar-refractivity contribution in [2.24, 2.45) is 0 Å². The van der Waals surface area contributed by atoms with Crippen molar-refractivity contribution >= 4 is 23.3 Å². The molecule has 19 heavy (non-hydrogen) atoms. The Balaban J connectivity index is 2.31. The van der Waals surface area contributed by atoms with Gasteiger partial charge in [-0.3, -0.25) is 4.79 Å². The summed E-state index contributed by atoms with van der Waals surface area (Å²) in [5.74, 6) is -0.794. The Morgan fingerprint density at radius 2 is 2.16 bits per heavy atom. The highest BCUT2D eigenvalue weighted by Crippen LogP contribution is 2.24. The number of anilines is 1. The average molecular weight is 281 g/mol. The zero-order valence-electron chi connectivity index (χ0n) is 9.98. The monoisotopic (exact) mass is 280 g/mol. The van der Waals surface area contributed by atoms with Crippen LogP contribution in [0.2, 0.25) is 5.02 Å². The largest absolute Gasteiger partial charge is 0.493 e. The highest BCUT2D eigenvalue weighted by Gasteiger charge is 2.17. The van der Waals surface area contributed by atoms with E-state index in [0.29, 0.717) is 5.75 Å². The Bertz CT molecular complexity index is 599. The molecule has 0 fully saturated rings. The molecule has 0 bridgehead atoms. The Kier molecular flexibility index (Phi) is 3.97. The lowest BCUT2D eigenvalue weighted by Gasteiger charge is -2.09. The zero-order chi connectivity index (χ0) is 13.8. The Hall–Kier alpha value is -2.14. The molecular weight excluding hydrogens is 271 g/mol. The van der Waals surface area contributed by atoms with Crippen molar-refractivity contribution in [2.75, 3.05) is 12.4 Å². The number of hydrogen-bond donors (Lipinski definition) is 1. The number of aromatic nitrogens is 1. The van der Waals surface area contributed by atoms with Gasteiger partial charge >= 0.3 is 0 Å². The fraction of sp³-hybridized carbons (Fsp3) is 0.0769. The second kappa shape index (κ2) is 5.67. The number of nitrogens with zero attached hydrogens (tertiary/aromatic N) is 1. The van der Waals surface area contributed by atoms with Gasteiger partial charge in [-0.15, -0.1) is 0 Å². The standard InChI is InChI=1S/C13H10ClFN2O2/c1-19-10-6-3-7-16-12(10)17-13(18)11-8(14)4-2-5-9(11)15/h2-7H,1H3,(H,16,17,18). The molecule has 0 aliphatic rings. The number of ether oxygens (including phenoxy) is 1. The van der Waals surface area contributed by atoms with Crippen LogP contribution in [0, 0.1) is 5.82 Å². The van der Waals surface area contributed by atoms with Gasteiger partial charge in [0.05, 0.1) is 17.7 Å². The van der Waals surface area contributed by atoms with Crippen LogP contribution in [-0.4, -0.2) is 18.0 Å². The summed E-state index contributed by atoms with van der Waals surface area (Å²) in [7, 11) is 1.45. The predicted octanol–water partition coefficient (Wildman–Crippen LogP) is 3.14. The van der Waals surface area contributed by atoms with Crippen molar-refractivity contribution in [1.29, 1.82) is 0 Å². The summed E-state index contributed by atoms with van der Waals surface area (Å²) < 4.78 is 18.6. The van der Waals surface area contributed by atoms with Crippen LogP contribution in [0.3, 0.4) is 0 Å². The molecule has 6 heteroatoms. The molecule has 1 aromatic carbocycles. The minimum Gasteiger partial charge on any atom is -0.493 e. The number of carbonyl (C=O) groups excluding carboxylic acids is 1. The first-order chi connectivity index (χ1) is 9.13. The van der Waals surface area contributed by atoms with E-state index in [1.807, 2.05) is 0 Å². The minimum atomic E-state index is -0.695. The molecule has 4 nitrogen and oxygen atoms in total. The third-order valence-electron chi connectivity index (χ3n) is 2.41. The second-order valence-electron chi connectivity index (χ2n) is 3.61. The zero-order valence-corrected chi connectivity index (χ0v) is 10.7. The average Bonchev–Trinajstić information content (AvgIpc) is 2.39. The molecule has 0 spiro atoms. The number of hydrogen-bond acceptors (Lipinski definition) is 3. The Morgan fingerprint density at radius 3 is 2.84 bits per heavy atom. The van der Waals surface area contributed by atoms with E-state index in [1.54, 1.807) is 12.1 Å². The van der Waals surface area contributed by atoms with Gasteiger partial charge in [0, 0.05) is 6.20 Å². The molecule has 0 saturated heterocycles. The van der Waals surface area contributed by atoms with Crippen molar-refractivity contribution in [3.8, 4) is 5.75 Å². The Labute approximate surface area is 114 Å². The topological polar surface area (TPSA) is 51.2 Å². The van der Waals surface area contributed by atoms with E-state index >= 15 is 0 Å². The molecule has 1 heterocycles. The van der Waals surface area contributed by atoms with Gasteiger partial charge in [0.1, 0.15) is 5.82 Å². The molecule has 98 valence electrons. The summed E-state index contributed by atoms with van der Waals surface area (Å²) in [5.41, 5.74) is -0.225. The van der Waals surface area contributed by atoms with Crippen molar-refractivity contribution in [3.63, 3.8) is 0 Å². The summed E-state index contributed by atoms with van der Waals surface area (Å²) in [6.07, 6.45) is 1.49. The van der Waals surface area contributed by atoms with Gasteiger partial charge in [-0.2, -0.15) is 0 Å².